The number of hydrogen-bond donors (Lipinski definition) is 0. The number of benzene rings is 2. The van der Waals surface area contributed by atoms with E-state index in [9.17, 15) is 4.79 Å². The number of fused-ring (bicyclic) bond motifs is 1. The molecule has 1 aliphatic heterocycles. The van der Waals surface area contributed by atoms with E-state index >= 15 is 0 Å². The molecule has 0 bridgehead atoms. The second-order valence-corrected chi connectivity index (χ2v) is 10.1. The predicted molar refractivity (Wildman–Crippen MR) is 144 cm³/mol. The van der Waals surface area contributed by atoms with Crippen molar-refractivity contribution in [2.45, 2.75) is 59.5 Å². The van der Waals surface area contributed by atoms with Crippen LogP contribution in [-0.4, -0.2) is 52.2 Å². The Morgan fingerprint density at radius 2 is 1.81 bits per heavy atom. The summed E-state index contributed by atoms with van der Waals surface area (Å²) in [6, 6.07) is 18.2. The summed E-state index contributed by atoms with van der Waals surface area (Å²) in [7, 11) is 1.70. The summed E-state index contributed by atoms with van der Waals surface area (Å²) >= 11 is 0. The molecule has 0 radical (unpaired) electrons. The number of aromatic nitrogens is 2. The Labute approximate surface area is 215 Å². The molecule has 0 aliphatic carbocycles. The number of carbonyl (C=O) groups excluding carboxylic acids is 1. The molecule has 1 unspecified atom stereocenters. The molecule has 0 spiro atoms. The van der Waals surface area contributed by atoms with Gasteiger partial charge < -0.3 is 9.64 Å². The molecule has 6 nitrogen and oxygen atoms in total. The molecule has 1 amide bonds. The second kappa shape index (κ2) is 11.7. The van der Waals surface area contributed by atoms with Gasteiger partial charge in [0.15, 0.2) is 0 Å². The lowest BCUT2D eigenvalue weighted by molar-refractivity contribution is -0.134. The first kappa shape index (κ1) is 26.0. The van der Waals surface area contributed by atoms with Gasteiger partial charge in [-0.15, -0.1) is 0 Å². The minimum absolute atomic E-state index is 0.149. The Bertz CT molecular complexity index is 1160. The summed E-state index contributed by atoms with van der Waals surface area (Å²) in [4.78, 5) is 18.4. The Kier molecular flexibility index (Phi) is 8.47. The fraction of sp³-hybridized carbons (Fsp3) is 0.467. The van der Waals surface area contributed by atoms with Crippen LogP contribution >= 0.6 is 0 Å². The summed E-state index contributed by atoms with van der Waals surface area (Å²) in [5, 5.41) is 5.14. The van der Waals surface area contributed by atoms with Gasteiger partial charge in [0, 0.05) is 31.6 Å². The zero-order valence-electron chi connectivity index (χ0n) is 22.4. The normalized spacial score (nSPS) is 14.5. The van der Waals surface area contributed by atoms with Crippen molar-refractivity contribution in [2.24, 2.45) is 5.92 Å². The fourth-order valence-electron chi connectivity index (χ4n) is 5.26. The van der Waals surface area contributed by atoms with Crippen molar-refractivity contribution in [1.29, 1.82) is 0 Å². The third-order valence-electron chi connectivity index (χ3n) is 7.13. The first-order valence-corrected chi connectivity index (χ1v) is 13.3. The van der Waals surface area contributed by atoms with Gasteiger partial charge in [0.2, 0.25) is 5.91 Å². The Morgan fingerprint density at radius 3 is 2.47 bits per heavy atom. The molecule has 3 aromatic rings. The predicted octanol–water partition coefficient (Wildman–Crippen LogP) is 5.44. The number of rotatable bonds is 10. The topological polar surface area (TPSA) is 50.6 Å². The fourth-order valence-corrected chi connectivity index (χ4v) is 5.26. The molecule has 2 heterocycles. The van der Waals surface area contributed by atoms with Crippen LogP contribution in [0.1, 0.15) is 62.5 Å². The highest BCUT2D eigenvalue weighted by molar-refractivity contribution is 5.83. The lowest BCUT2D eigenvalue weighted by Crippen LogP contribution is -2.38. The van der Waals surface area contributed by atoms with E-state index in [0.29, 0.717) is 19.0 Å². The van der Waals surface area contributed by atoms with Crippen LogP contribution in [0.25, 0.3) is 5.69 Å². The van der Waals surface area contributed by atoms with Crippen LogP contribution in [0.15, 0.2) is 54.6 Å². The lowest BCUT2D eigenvalue weighted by Gasteiger charge is -2.30. The first-order chi connectivity index (χ1) is 17.5. The van der Waals surface area contributed by atoms with Gasteiger partial charge in [-0.2, -0.15) is 5.10 Å². The highest BCUT2D eigenvalue weighted by atomic mass is 16.5. The molecule has 2 aromatic carbocycles. The molecule has 0 N–H and O–H groups in total. The average molecular weight is 489 g/mol. The van der Waals surface area contributed by atoms with E-state index < -0.39 is 0 Å². The van der Waals surface area contributed by atoms with Crippen LogP contribution in [0, 0.1) is 5.92 Å². The average Bonchev–Trinajstić information content (AvgIpc) is 3.26. The van der Waals surface area contributed by atoms with Gasteiger partial charge in [0.05, 0.1) is 31.0 Å². The maximum Gasteiger partial charge on any atom is 0.230 e. The van der Waals surface area contributed by atoms with Crippen LogP contribution in [0.2, 0.25) is 0 Å². The van der Waals surface area contributed by atoms with E-state index in [0.717, 1.165) is 55.2 Å². The van der Waals surface area contributed by atoms with Gasteiger partial charge >= 0.3 is 0 Å². The third-order valence-corrected chi connectivity index (χ3v) is 7.13. The van der Waals surface area contributed by atoms with Gasteiger partial charge in [0.1, 0.15) is 11.4 Å². The van der Waals surface area contributed by atoms with E-state index in [1.54, 1.807) is 7.11 Å². The van der Waals surface area contributed by atoms with E-state index in [-0.39, 0.29) is 11.8 Å². The van der Waals surface area contributed by atoms with Gasteiger partial charge in [-0.25, -0.2) is 4.68 Å². The van der Waals surface area contributed by atoms with Crippen molar-refractivity contribution in [3.05, 3.63) is 77.1 Å². The SMILES string of the molecule is CCC(C(=O)N(Cc1nn(-c2ccccc2OC)c2c1CN(CC)CC2)CC(C)C)c1ccccc1. The highest BCUT2D eigenvalue weighted by Crippen LogP contribution is 2.31. The van der Waals surface area contributed by atoms with Gasteiger partial charge in [-0.05, 0) is 36.6 Å². The number of amides is 1. The van der Waals surface area contributed by atoms with Gasteiger partial charge in [-0.1, -0.05) is 70.2 Å². The molecule has 36 heavy (non-hydrogen) atoms. The van der Waals surface area contributed by atoms with Gasteiger partial charge in [-0.3, -0.25) is 9.69 Å². The van der Waals surface area contributed by atoms with Crippen LogP contribution < -0.4 is 4.74 Å². The number of methoxy groups -OCH3 is 1. The standard InChI is InChI=1S/C30H40N4O2/c1-6-24(23-13-9-8-10-14-23)30(35)33(19-22(3)4)21-26-25-20-32(7-2)18-17-27(25)34(31-26)28-15-11-12-16-29(28)36-5/h8-16,22,24H,6-7,17-21H2,1-5H3. The van der Waals surface area contributed by atoms with Crippen molar-refractivity contribution in [2.75, 3.05) is 26.7 Å². The molecule has 0 saturated carbocycles. The Morgan fingerprint density at radius 1 is 1.08 bits per heavy atom. The zero-order chi connectivity index (χ0) is 25.7. The summed E-state index contributed by atoms with van der Waals surface area (Å²) in [5.74, 6) is 1.20. The number of carbonyl (C=O) groups is 1. The van der Waals surface area contributed by atoms with Crippen molar-refractivity contribution in [1.82, 2.24) is 19.6 Å². The van der Waals surface area contributed by atoms with Crippen LogP contribution in [0.3, 0.4) is 0 Å². The molecule has 6 heteroatoms. The lowest BCUT2D eigenvalue weighted by atomic mass is 9.94. The smallest absolute Gasteiger partial charge is 0.230 e. The van der Waals surface area contributed by atoms with Crippen LogP contribution in [0.5, 0.6) is 5.75 Å². The van der Waals surface area contributed by atoms with Crippen LogP contribution in [0.4, 0.5) is 0 Å². The largest absolute Gasteiger partial charge is 0.494 e. The van der Waals surface area contributed by atoms with Crippen LogP contribution in [-0.2, 0) is 24.3 Å². The molecule has 1 atom stereocenters. The molecular weight excluding hydrogens is 448 g/mol. The molecular formula is C30H40N4O2. The molecule has 4 rings (SSSR count). The first-order valence-electron chi connectivity index (χ1n) is 13.3. The molecule has 1 aromatic heterocycles. The third kappa shape index (κ3) is 5.49. The summed E-state index contributed by atoms with van der Waals surface area (Å²) < 4.78 is 7.73. The minimum atomic E-state index is -0.149. The van der Waals surface area contributed by atoms with Crippen molar-refractivity contribution >= 4 is 5.91 Å². The van der Waals surface area contributed by atoms with Gasteiger partial charge in [0.25, 0.3) is 0 Å². The van der Waals surface area contributed by atoms with E-state index in [1.807, 2.05) is 41.3 Å². The molecule has 1 aliphatic rings. The second-order valence-electron chi connectivity index (χ2n) is 10.1. The monoisotopic (exact) mass is 488 g/mol. The summed E-state index contributed by atoms with van der Waals surface area (Å²) in [6.45, 7) is 12.7. The molecule has 192 valence electrons. The quantitative estimate of drug-likeness (QED) is 0.381. The van der Waals surface area contributed by atoms with E-state index in [2.05, 4.69) is 55.5 Å². The number of ether oxygens (including phenoxy) is 1. The molecule has 0 saturated heterocycles. The molecule has 0 fully saturated rings. The minimum Gasteiger partial charge on any atom is -0.494 e. The number of nitrogens with zero attached hydrogens (tertiary/aromatic N) is 4. The van der Waals surface area contributed by atoms with Crippen molar-refractivity contribution < 1.29 is 9.53 Å². The Balaban J connectivity index is 1.74. The van der Waals surface area contributed by atoms with Crippen molar-refractivity contribution in [3.63, 3.8) is 0 Å². The maximum atomic E-state index is 13.9. The van der Waals surface area contributed by atoms with Crippen molar-refractivity contribution in [3.8, 4) is 11.4 Å². The number of likely N-dealkylation sites (N-methyl/N-ethyl adjacent to an activating group) is 1. The van der Waals surface area contributed by atoms with E-state index in [4.69, 9.17) is 9.84 Å². The zero-order valence-corrected chi connectivity index (χ0v) is 22.4. The summed E-state index contributed by atoms with van der Waals surface area (Å²) in [5.41, 5.74) is 5.50. The maximum absolute atomic E-state index is 13.9. The number of para-hydroxylation sites is 2. The summed E-state index contributed by atoms with van der Waals surface area (Å²) in [6.07, 6.45) is 1.70. The number of hydrogen-bond acceptors (Lipinski definition) is 4. The highest BCUT2D eigenvalue weighted by Gasteiger charge is 2.30. The van der Waals surface area contributed by atoms with E-state index in [1.165, 1.54) is 11.3 Å². The Hall–Kier alpha value is -3.12.